The summed E-state index contributed by atoms with van der Waals surface area (Å²) in [4.78, 5) is 12.0. The van der Waals surface area contributed by atoms with Crippen molar-refractivity contribution in [2.75, 3.05) is 17.0 Å². The fourth-order valence-electron chi connectivity index (χ4n) is 2.17. The number of hydrogen-bond acceptors (Lipinski definition) is 7. The number of nitrogens with two attached hydrogens (primary N) is 1. The Morgan fingerprint density at radius 2 is 1.93 bits per heavy atom. The van der Waals surface area contributed by atoms with Gasteiger partial charge in [-0.15, -0.1) is 10.2 Å². The quantitative estimate of drug-likeness (QED) is 0.225. The summed E-state index contributed by atoms with van der Waals surface area (Å²) in [5.41, 5.74) is 4.49. The number of anilines is 1. The van der Waals surface area contributed by atoms with Crippen LogP contribution in [0.3, 0.4) is 0 Å². The molecule has 1 amide bonds. The van der Waals surface area contributed by atoms with Crippen molar-refractivity contribution < 1.29 is 4.79 Å². The number of benzene rings is 2. The van der Waals surface area contributed by atoms with Gasteiger partial charge in [-0.05, 0) is 11.6 Å². The van der Waals surface area contributed by atoms with E-state index in [1.807, 2.05) is 48.5 Å². The Bertz CT molecular complexity index is 962. The number of carbonyl (C=O) groups is 1. The number of aromatic nitrogens is 3. The largest absolute Gasteiger partial charge is 0.351 e. The molecule has 0 bridgehead atoms. The summed E-state index contributed by atoms with van der Waals surface area (Å²) in [5, 5.41) is 15.8. The molecule has 0 atom stereocenters. The number of amides is 1. The van der Waals surface area contributed by atoms with Crippen molar-refractivity contribution in [2.45, 2.75) is 11.7 Å². The van der Waals surface area contributed by atoms with E-state index in [2.05, 4.69) is 26.0 Å². The molecule has 4 N–H and O–H groups in total. The molecule has 0 fully saturated rings. The minimum atomic E-state index is -0.122. The summed E-state index contributed by atoms with van der Waals surface area (Å²) >= 11 is 7.24. The monoisotopic (exact) mass is 415 g/mol. The first-order valence-electron chi connectivity index (χ1n) is 8.31. The molecule has 0 radical (unpaired) electrons. The molecule has 10 heteroatoms. The van der Waals surface area contributed by atoms with Crippen molar-refractivity contribution >= 4 is 41.4 Å². The second-order valence-corrected chi connectivity index (χ2v) is 6.97. The van der Waals surface area contributed by atoms with E-state index in [-0.39, 0.29) is 17.6 Å². The van der Waals surface area contributed by atoms with Gasteiger partial charge in [-0.25, -0.2) is 10.1 Å². The van der Waals surface area contributed by atoms with Crippen molar-refractivity contribution in [1.29, 1.82) is 0 Å². The number of halogens is 1. The first-order valence-corrected chi connectivity index (χ1v) is 9.67. The molecular weight excluding hydrogens is 398 g/mol. The lowest BCUT2D eigenvalue weighted by molar-refractivity contribution is -0.118. The van der Waals surface area contributed by atoms with Crippen LogP contribution in [0.25, 0.3) is 0 Å². The predicted octanol–water partition coefficient (Wildman–Crippen LogP) is 2.50. The summed E-state index contributed by atoms with van der Waals surface area (Å²) < 4.78 is 1.24. The van der Waals surface area contributed by atoms with Crippen LogP contribution in [0.2, 0.25) is 5.02 Å². The highest BCUT2D eigenvalue weighted by atomic mass is 35.5. The molecule has 3 aromatic rings. The lowest BCUT2D eigenvalue weighted by Crippen LogP contribution is -2.25. The van der Waals surface area contributed by atoms with E-state index in [0.29, 0.717) is 16.7 Å². The van der Waals surface area contributed by atoms with E-state index in [9.17, 15) is 4.79 Å². The molecule has 144 valence electrons. The number of hydrazone groups is 1. The summed E-state index contributed by atoms with van der Waals surface area (Å²) in [6.07, 6.45) is 1.56. The van der Waals surface area contributed by atoms with Crippen LogP contribution in [-0.2, 0) is 11.3 Å². The highest BCUT2D eigenvalue weighted by Crippen LogP contribution is 2.17. The van der Waals surface area contributed by atoms with Crippen molar-refractivity contribution in [2.24, 2.45) is 5.10 Å². The van der Waals surface area contributed by atoms with Crippen LogP contribution in [0.4, 0.5) is 5.95 Å². The Morgan fingerprint density at radius 1 is 1.18 bits per heavy atom. The second-order valence-electron chi connectivity index (χ2n) is 5.62. The molecule has 1 heterocycles. The number of rotatable bonds is 8. The first kappa shape index (κ1) is 19.7. The van der Waals surface area contributed by atoms with E-state index in [4.69, 9.17) is 17.4 Å². The summed E-state index contributed by atoms with van der Waals surface area (Å²) in [6, 6.07) is 17.0. The van der Waals surface area contributed by atoms with Crippen molar-refractivity contribution in [1.82, 2.24) is 20.2 Å². The van der Waals surface area contributed by atoms with Crippen LogP contribution in [0.15, 0.2) is 64.9 Å². The highest BCUT2D eigenvalue weighted by molar-refractivity contribution is 7.99. The molecule has 2 aromatic carbocycles. The highest BCUT2D eigenvalue weighted by Gasteiger charge is 2.11. The van der Waals surface area contributed by atoms with Gasteiger partial charge in [0.05, 0.1) is 12.0 Å². The van der Waals surface area contributed by atoms with Gasteiger partial charge in [0.1, 0.15) is 0 Å². The Labute approximate surface area is 171 Å². The van der Waals surface area contributed by atoms with Gasteiger partial charge in [0.25, 0.3) is 5.95 Å². The van der Waals surface area contributed by atoms with E-state index in [1.165, 1.54) is 16.4 Å². The maximum atomic E-state index is 12.0. The lowest BCUT2D eigenvalue weighted by atomic mass is 10.2. The van der Waals surface area contributed by atoms with Crippen LogP contribution in [0.5, 0.6) is 0 Å². The average Bonchev–Trinajstić information content (AvgIpc) is 3.07. The van der Waals surface area contributed by atoms with Crippen LogP contribution >= 0.6 is 23.4 Å². The Hall–Kier alpha value is -3.04. The third-order valence-corrected chi connectivity index (χ3v) is 4.89. The Balaban J connectivity index is 1.49. The van der Waals surface area contributed by atoms with Crippen molar-refractivity contribution in [3.63, 3.8) is 0 Å². The van der Waals surface area contributed by atoms with E-state index in [1.54, 1.807) is 12.3 Å². The van der Waals surface area contributed by atoms with Gasteiger partial charge >= 0.3 is 0 Å². The molecule has 0 aliphatic heterocycles. The molecule has 0 saturated heterocycles. The molecule has 8 nitrogen and oxygen atoms in total. The third-order valence-electron chi connectivity index (χ3n) is 3.60. The molecule has 0 aliphatic carbocycles. The van der Waals surface area contributed by atoms with Crippen LogP contribution in [0.1, 0.15) is 11.1 Å². The molecule has 28 heavy (non-hydrogen) atoms. The molecule has 0 aliphatic rings. The van der Waals surface area contributed by atoms with E-state index >= 15 is 0 Å². The Morgan fingerprint density at radius 3 is 2.71 bits per heavy atom. The SMILES string of the molecule is Nn1c(N/N=C/c2ccccc2Cl)nnc1SCC(=O)NCc1ccccc1. The molecule has 0 saturated carbocycles. The minimum Gasteiger partial charge on any atom is -0.351 e. The smallest absolute Gasteiger partial charge is 0.264 e. The van der Waals surface area contributed by atoms with Gasteiger partial charge in [0, 0.05) is 17.1 Å². The van der Waals surface area contributed by atoms with Crippen LogP contribution in [0, 0.1) is 0 Å². The zero-order valence-corrected chi connectivity index (χ0v) is 16.3. The number of nitrogen functional groups attached to an aromatic ring is 1. The number of thioether (sulfide) groups is 1. The maximum Gasteiger partial charge on any atom is 0.264 e. The maximum absolute atomic E-state index is 12.0. The van der Waals surface area contributed by atoms with Crippen LogP contribution < -0.4 is 16.6 Å². The Kier molecular flexibility index (Phi) is 6.88. The molecule has 1 aromatic heterocycles. The number of nitrogens with one attached hydrogen (secondary N) is 2. The molecule has 0 unspecified atom stereocenters. The van der Waals surface area contributed by atoms with Gasteiger partial charge in [-0.2, -0.15) is 5.10 Å². The average molecular weight is 416 g/mol. The fourth-order valence-corrected chi connectivity index (χ4v) is 3.04. The standard InChI is InChI=1S/C18H18ClN7OS/c19-15-9-5-4-8-14(15)11-22-23-17-24-25-18(26(17)20)28-12-16(27)21-10-13-6-2-1-3-7-13/h1-9,11H,10,12,20H2,(H,21,27)(H,23,24)/b22-11+. The van der Waals surface area contributed by atoms with Gasteiger partial charge in [0.15, 0.2) is 0 Å². The molecular formula is C18H18ClN7OS. The number of hydrogen-bond donors (Lipinski definition) is 3. The zero-order valence-electron chi connectivity index (χ0n) is 14.7. The van der Waals surface area contributed by atoms with Gasteiger partial charge in [-0.1, -0.05) is 71.9 Å². The zero-order chi connectivity index (χ0) is 19.8. The number of carbonyl (C=O) groups excluding carboxylic acids is 1. The van der Waals surface area contributed by atoms with Gasteiger partial charge < -0.3 is 11.2 Å². The topological polar surface area (TPSA) is 110 Å². The lowest BCUT2D eigenvalue weighted by Gasteiger charge is -2.05. The molecule has 0 spiro atoms. The summed E-state index contributed by atoms with van der Waals surface area (Å²) in [6.45, 7) is 0.471. The van der Waals surface area contributed by atoms with Gasteiger partial charge in [0.2, 0.25) is 11.1 Å². The normalized spacial score (nSPS) is 10.9. The predicted molar refractivity (Wildman–Crippen MR) is 112 cm³/mol. The number of nitrogens with zero attached hydrogens (tertiary/aromatic N) is 4. The van der Waals surface area contributed by atoms with Crippen molar-refractivity contribution in [3.05, 3.63) is 70.7 Å². The summed E-state index contributed by atoms with van der Waals surface area (Å²) in [5.74, 6) is 6.24. The van der Waals surface area contributed by atoms with Crippen molar-refractivity contribution in [3.8, 4) is 0 Å². The van der Waals surface area contributed by atoms with E-state index in [0.717, 1.165) is 11.1 Å². The van der Waals surface area contributed by atoms with E-state index < -0.39 is 0 Å². The molecule has 3 rings (SSSR count). The second kappa shape index (κ2) is 9.77. The van der Waals surface area contributed by atoms with Crippen LogP contribution in [-0.4, -0.2) is 32.7 Å². The summed E-state index contributed by atoms with van der Waals surface area (Å²) in [7, 11) is 0. The fraction of sp³-hybridized carbons (Fsp3) is 0.111. The van der Waals surface area contributed by atoms with Gasteiger partial charge in [-0.3, -0.25) is 4.79 Å². The first-order chi connectivity index (χ1) is 13.6. The third kappa shape index (κ3) is 5.48. The minimum absolute atomic E-state index is 0.122.